The molecule has 2 heterocycles. The standard InChI is InChI=1S/C19H27N3O4S.ClH/c1-14(23)15-4-6-18(7-5-15)27(25,26)22-11-8-16(9-12-22)19(24)21-13-17-3-2-10-20-17;/h4-7,16-17,20H,2-3,8-13H2,1H3,(H,21,24);1H. The summed E-state index contributed by atoms with van der Waals surface area (Å²) < 4.78 is 27.0. The summed E-state index contributed by atoms with van der Waals surface area (Å²) in [5.41, 5.74) is 0.487. The van der Waals surface area contributed by atoms with Gasteiger partial charge in [-0.2, -0.15) is 4.31 Å². The van der Waals surface area contributed by atoms with E-state index in [0.29, 0.717) is 44.1 Å². The summed E-state index contributed by atoms with van der Waals surface area (Å²) in [7, 11) is -3.60. The van der Waals surface area contributed by atoms with Crippen molar-refractivity contribution in [3.05, 3.63) is 29.8 Å². The van der Waals surface area contributed by atoms with E-state index in [2.05, 4.69) is 10.6 Å². The molecule has 0 saturated carbocycles. The Morgan fingerprint density at radius 2 is 1.79 bits per heavy atom. The molecule has 2 aliphatic heterocycles. The number of Topliss-reactive ketones (excluding diaryl/α,β-unsaturated/α-hetero) is 1. The Hall–Kier alpha value is -1.48. The maximum Gasteiger partial charge on any atom is 0.243 e. The zero-order valence-electron chi connectivity index (χ0n) is 16.0. The first kappa shape index (κ1) is 22.8. The van der Waals surface area contributed by atoms with E-state index in [1.165, 1.54) is 35.5 Å². The van der Waals surface area contributed by atoms with Crippen LogP contribution in [0.3, 0.4) is 0 Å². The number of hydrogen-bond donors (Lipinski definition) is 2. The Balaban J connectivity index is 0.00000280. The molecule has 0 radical (unpaired) electrons. The number of benzene rings is 1. The predicted octanol–water partition coefficient (Wildman–Crippen LogP) is 1.58. The molecule has 0 spiro atoms. The number of carbonyl (C=O) groups excluding carboxylic acids is 2. The predicted molar refractivity (Wildman–Crippen MR) is 109 cm³/mol. The molecule has 9 heteroatoms. The van der Waals surface area contributed by atoms with Crippen molar-refractivity contribution in [2.75, 3.05) is 26.2 Å². The fourth-order valence-electron chi connectivity index (χ4n) is 3.67. The van der Waals surface area contributed by atoms with Gasteiger partial charge in [-0.3, -0.25) is 9.59 Å². The molecule has 7 nitrogen and oxygen atoms in total. The largest absolute Gasteiger partial charge is 0.354 e. The van der Waals surface area contributed by atoms with E-state index in [1.54, 1.807) is 0 Å². The molecule has 28 heavy (non-hydrogen) atoms. The van der Waals surface area contributed by atoms with Crippen LogP contribution in [0.1, 0.15) is 43.0 Å². The van der Waals surface area contributed by atoms with Gasteiger partial charge in [0.2, 0.25) is 15.9 Å². The van der Waals surface area contributed by atoms with Gasteiger partial charge in [0.05, 0.1) is 4.90 Å². The summed E-state index contributed by atoms with van der Waals surface area (Å²) in [6.07, 6.45) is 3.27. The first-order valence-electron chi connectivity index (χ1n) is 9.50. The van der Waals surface area contributed by atoms with Crippen LogP contribution in [-0.4, -0.2) is 56.6 Å². The smallest absolute Gasteiger partial charge is 0.243 e. The van der Waals surface area contributed by atoms with Crippen LogP contribution < -0.4 is 10.6 Å². The van der Waals surface area contributed by atoms with E-state index in [0.717, 1.165) is 19.4 Å². The Labute approximate surface area is 172 Å². The summed E-state index contributed by atoms with van der Waals surface area (Å²) in [5.74, 6) is -0.219. The first-order valence-corrected chi connectivity index (χ1v) is 10.9. The van der Waals surface area contributed by atoms with Crippen LogP contribution in [0, 0.1) is 5.92 Å². The highest BCUT2D eigenvalue weighted by molar-refractivity contribution is 7.89. The minimum atomic E-state index is -3.60. The van der Waals surface area contributed by atoms with Crippen LogP contribution in [0.5, 0.6) is 0 Å². The van der Waals surface area contributed by atoms with Crippen LogP contribution in [0.4, 0.5) is 0 Å². The quantitative estimate of drug-likeness (QED) is 0.669. The second-order valence-corrected chi connectivity index (χ2v) is 9.24. The lowest BCUT2D eigenvalue weighted by Crippen LogP contribution is -2.45. The van der Waals surface area contributed by atoms with Gasteiger partial charge in [-0.1, -0.05) is 12.1 Å². The Morgan fingerprint density at radius 3 is 2.32 bits per heavy atom. The lowest BCUT2D eigenvalue weighted by molar-refractivity contribution is -0.126. The Kier molecular flexibility index (Phi) is 8.00. The number of rotatable bonds is 6. The third-order valence-corrected chi connectivity index (χ3v) is 7.32. The van der Waals surface area contributed by atoms with E-state index in [9.17, 15) is 18.0 Å². The number of nitrogens with one attached hydrogen (secondary N) is 2. The number of nitrogens with zero attached hydrogens (tertiary/aromatic N) is 1. The summed E-state index contributed by atoms with van der Waals surface area (Å²) >= 11 is 0. The molecular formula is C19H28ClN3O4S. The Morgan fingerprint density at radius 1 is 1.14 bits per heavy atom. The van der Waals surface area contributed by atoms with Gasteiger partial charge in [-0.25, -0.2) is 8.42 Å². The maximum absolute atomic E-state index is 12.8. The molecule has 0 aromatic heterocycles. The van der Waals surface area contributed by atoms with Crippen molar-refractivity contribution in [1.82, 2.24) is 14.9 Å². The molecule has 1 atom stereocenters. The number of piperidine rings is 1. The minimum Gasteiger partial charge on any atom is -0.354 e. The summed E-state index contributed by atoms with van der Waals surface area (Å²) in [4.78, 5) is 23.9. The van der Waals surface area contributed by atoms with Gasteiger partial charge in [-0.05, 0) is 51.3 Å². The van der Waals surface area contributed by atoms with Gasteiger partial charge >= 0.3 is 0 Å². The fourth-order valence-corrected chi connectivity index (χ4v) is 5.14. The normalized spacial score (nSPS) is 21.1. The highest BCUT2D eigenvalue weighted by Crippen LogP contribution is 2.24. The van der Waals surface area contributed by atoms with Gasteiger partial charge < -0.3 is 10.6 Å². The van der Waals surface area contributed by atoms with Crippen LogP contribution in [0.25, 0.3) is 0 Å². The third kappa shape index (κ3) is 5.31. The van der Waals surface area contributed by atoms with E-state index in [1.807, 2.05) is 0 Å². The lowest BCUT2D eigenvalue weighted by atomic mass is 9.97. The second-order valence-electron chi connectivity index (χ2n) is 7.30. The van der Waals surface area contributed by atoms with Gasteiger partial charge in [0.1, 0.15) is 0 Å². The molecule has 0 aliphatic carbocycles. The maximum atomic E-state index is 12.8. The SMILES string of the molecule is CC(=O)c1ccc(S(=O)(=O)N2CCC(C(=O)NCC3CCCN3)CC2)cc1.Cl. The van der Waals surface area contributed by atoms with E-state index >= 15 is 0 Å². The number of sulfonamides is 1. The van der Waals surface area contributed by atoms with Crippen LogP contribution in [0.2, 0.25) is 0 Å². The minimum absolute atomic E-state index is 0. The summed E-state index contributed by atoms with van der Waals surface area (Å²) in [6.45, 7) is 3.75. The third-order valence-electron chi connectivity index (χ3n) is 5.41. The van der Waals surface area contributed by atoms with E-state index < -0.39 is 10.0 Å². The molecule has 1 unspecified atom stereocenters. The van der Waals surface area contributed by atoms with Crippen LogP contribution in [0.15, 0.2) is 29.2 Å². The molecule has 2 fully saturated rings. The number of carbonyl (C=O) groups is 2. The second kappa shape index (κ2) is 9.82. The molecule has 1 aromatic rings. The van der Waals surface area contributed by atoms with E-state index in [-0.39, 0.29) is 34.9 Å². The van der Waals surface area contributed by atoms with Crippen molar-refractivity contribution in [1.29, 1.82) is 0 Å². The van der Waals surface area contributed by atoms with Crippen LogP contribution in [-0.2, 0) is 14.8 Å². The molecule has 156 valence electrons. The van der Waals surface area contributed by atoms with Gasteiger partial charge in [0.15, 0.2) is 5.78 Å². The molecule has 3 rings (SSSR count). The summed E-state index contributed by atoms with van der Waals surface area (Å²) in [6, 6.07) is 6.37. The average molecular weight is 430 g/mol. The van der Waals surface area contributed by atoms with Crippen LogP contribution >= 0.6 is 12.4 Å². The van der Waals surface area contributed by atoms with Gasteiger partial charge in [0, 0.05) is 37.2 Å². The monoisotopic (exact) mass is 429 g/mol. The zero-order valence-corrected chi connectivity index (χ0v) is 17.7. The van der Waals surface area contributed by atoms with Crippen molar-refractivity contribution >= 4 is 34.1 Å². The number of hydrogen-bond acceptors (Lipinski definition) is 5. The highest BCUT2D eigenvalue weighted by Gasteiger charge is 2.32. The van der Waals surface area contributed by atoms with Gasteiger partial charge in [0.25, 0.3) is 0 Å². The molecule has 1 amide bonds. The summed E-state index contributed by atoms with van der Waals surface area (Å²) in [5, 5.41) is 6.34. The molecule has 0 bridgehead atoms. The number of amides is 1. The number of halogens is 1. The Bertz CT molecular complexity index is 784. The molecule has 1 aromatic carbocycles. The van der Waals surface area contributed by atoms with Crippen molar-refractivity contribution in [3.63, 3.8) is 0 Å². The molecule has 2 N–H and O–H groups in total. The zero-order chi connectivity index (χ0) is 19.4. The van der Waals surface area contributed by atoms with Gasteiger partial charge in [-0.15, -0.1) is 12.4 Å². The first-order chi connectivity index (χ1) is 12.9. The average Bonchev–Trinajstić information content (AvgIpc) is 3.20. The lowest BCUT2D eigenvalue weighted by Gasteiger charge is -2.30. The van der Waals surface area contributed by atoms with Crippen molar-refractivity contribution in [2.24, 2.45) is 5.92 Å². The highest BCUT2D eigenvalue weighted by atomic mass is 35.5. The molecule has 2 aliphatic rings. The number of ketones is 1. The van der Waals surface area contributed by atoms with Crippen molar-refractivity contribution in [2.45, 2.75) is 43.5 Å². The van der Waals surface area contributed by atoms with E-state index in [4.69, 9.17) is 0 Å². The molecule has 2 saturated heterocycles. The molecular weight excluding hydrogens is 402 g/mol. The fraction of sp³-hybridized carbons (Fsp3) is 0.579. The topological polar surface area (TPSA) is 95.6 Å². The van der Waals surface area contributed by atoms with Crippen molar-refractivity contribution < 1.29 is 18.0 Å². The van der Waals surface area contributed by atoms with Crippen molar-refractivity contribution in [3.8, 4) is 0 Å².